The lowest BCUT2D eigenvalue weighted by atomic mass is 10.2. The molecule has 1 aliphatic rings. The van der Waals surface area contributed by atoms with Crippen molar-refractivity contribution in [2.75, 3.05) is 11.4 Å². The lowest BCUT2D eigenvalue weighted by molar-refractivity contribution is -0.120. The van der Waals surface area contributed by atoms with E-state index in [-0.39, 0.29) is 11.9 Å². The van der Waals surface area contributed by atoms with Gasteiger partial charge >= 0.3 is 6.03 Å². The normalized spacial score (nSPS) is 16.0. The Labute approximate surface area is 117 Å². The third kappa shape index (κ3) is 1.99. The van der Waals surface area contributed by atoms with Gasteiger partial charge in [0.15, 0.2) is 0 Å². The fraction of sp³-hybridized carbons (Fsp3) is 0.250. The van der Waals surface area contributed by atoms with Gasteiger partial charge in [-0.1, -0.05) is 0 Å². The van der Waals surface area contributed by atoms with Crippen molar-refractivity contribution in [3.8, 4) is 0 Å². The van der Waals surface area contributed by atoms with Crippen molar-refractivity contribution in [1.82, 2.24) is 15.1 Å². The molecule has 19 heavy (non-hydrogen) atoms. The van der Waals surface area contributed by atoms with E-state index in [1.54, 1.807) is 9.58 Å². The van der Waals surface area contributed by atoms with Gasteiger partial charge in [-0.05, 0) is 34.1 Å². The third-order valence-corrected chi connectivity index (χ3v) is 3.74. The summed E-state index contributed by atoms with van der Waals surface area (Å²) in [5, 5.41) is 7.51. The summed E-state index contributed by atoms with van der Waals surface area (Å²) in [5.41, 5.74) is 1.73. The number of carbonyl (C=O) groups is 2. The Morgan fingerprint density at radius 3 is 2.89 bits per heavy atom. The van der Waals surface area contributed by atoms with E-state index in [0.29, 0.717) is 13.0 Å². The number of hydrogen-bond donors (Lipinski definition) is 1. The molecule has 0 bridgehead atoms. The Balaban J connectivity index is 2.04. The van der Waals surface area contributed by atoms with Crippen LogP contribution in [0.25, 0.3) is 10.9 Å². The zero-order chi connectivity index (χ0) is 13.6. The molecule has 1 aliphatic heterocycles. The van der Waals surface area contributed by atoms with Gasteiger partial charge in [0.1, 0.15) is 4.60 Å². The van der Waals surface area contributed by atoms with E-state index in [1.807, 2.05) is 25.2 Å². The number of nitrogens with one attached hydrogen (secondary N) is 1. The first-order valence-corrected chi connectivity index (χ1v) is 6.59. The minimum atomic E-state index is -0.379. The highest BCUT2D eigenvalue weighted by Gasteiger charge is 2.24. The second-order valence-corrected chi connectivity index (χ2v) is 5.12. The zero-order valence-corrected chi connectivity index (χ0v) is 11.8. The first-order chi connectivity index (χ1) is 9.06. The number of carbonyl (C=O) groups excluding carboxylic acids is 2. The minimum absolute atomic E-state index is 0.232. The molecular weight excluding hydrogens is 312 g/mol. The lowest BCUT2D eigenvalue weighted by Crippen LogP contribution is -2.49. The van der Waals surface area contributed by atoms with Gasteiger partial charge in [-0.15, -0.1) is 0 Å². The van der Waals surface area contributed by atoms with Crippen LogP contribution in [-0.2, 0) is 11.8 Å². The third-order valence-electron chi connectivity index (χ3n) is 3.15. The molecule has 1 N–H and O–H groups in total. The number of rotatable bonds is 1. The number of imide groups is 1. The molecule has 0 atom stereocenters. The Kier molecular flexibility index (Phi) is 2.78. The van der Waals surface area contributed by atoms with Crippen LogP contribution in [0.1, 0.15) is 6.42 Å². The number of aromatic nitrogens is 2. The van der Waals surface area contributed by atoms with Gasteiger partial charge in [0, 0.05) is 31.1 Å². The van der Waals surface area contributed by atoms with Gasteiger partial charge in [0.05, 0.1) is 5.52 Å². The van der Waals surface area contributed by atoms with Crippen molar-refractivity contribution in [2.45, 2.75) is 6.42 Å². The fourth-order valence-corrected chi connectivity index (χ4v) is 2.74. The van der Waals surface area contributed by atoms with Gasteiger partial charge in [-0.25, -0.2) is 4.79 Å². The zero-order valence-electron chi connectivity index (χ0n) is 10.2. The molecule has 0 spiro atoms. The molecule has 0 aliphatic carbocycles. The summed E-state index contributed by atoms with van der Waals surface area (Å²) in [6.07, 6.45) is 0.317. The minimum Gasteiger partial charge on any atom is -0.294 e. The Morgan fingerprint density at radius 2 is 2.16 bits per heavy atom. The Morgan fingerprint density at radius 1 is 1.37 bits per heavy atom. The maximum atomic E-state index is 11.8. The molecule has 1 saturated heterocycles. The predicted octanol–water partition coefficient (Wildman–Crippen LogP) is 1.78. The largest absolute Gasteiger partial charge is 0.328 e. The number of amides is 3. The van der Waals surface area contributed by atoms with Gasteiger partial charge < -0.3 is 0 Å². The topological polar surface area (TPSA) is 67.2 Å². The van der Waals surface area contributed by atoms with E-state index in [0.717, 1.165) is 21.2 Å². The van der Waals surface area contributed by atoms with Crippen molar-refractivity contribution < 1.29 is 9.59 Å². The molecule has 98 valence electrons. The fourth-order valence-electron chi connectivity index (χ4n) is 2.19. The number of halogens is 1. The molecule has 1 aromatic heterocycles. The number of fused-ring (bicyclic) bond motifs is 1. The van der Waals surface area contributed by atoms with Crippen LogP contribution in [0.15, 0.2) is 22.8 Å². The molecule has 7 heteroatoms. The Bertz CT molecular complexity index is 694. The molecule has 0 unspecified atom stereocenters. The SMILES string of the molecule is Cn1nc(Br)c2cc(N3CCC(=O)NC3=O)ccc21. The summed E-state index contributed by atoms with van der Waals surface area (Å²) in [6.45, 7) is 0.397. The lowest BCUT2D eigenvalue weighted by Gasteiger charge is -2.26. The molecule has 2 heterocycles. The first-order valence-electron chi connectivity index (χ1n) is 5.80. The molecule has 2 aromatic rings. The second-order valence-electron chi connectivity index (χ2n) is 4.37. The van der Waals surface area contributed by atoms with Crippen LogP contribution in [0.5, 0.6) is 0 Å². The molecular formula is C12H11BrN4O2. The van der Waals surface area contributed by atoms with E-state index in [9.17, 15) is 9.59 Å². The number of anilines is 1. The van der Waals surface area contributed by atoms with Crippen LogP contribution in [0.2, 0.25) is 0 Å². The molecule has 3 amide bonds. The summed E-state index contributed by atoms with van der Waals surface area (Å²) in [7, 11) is 1.86. The average Bonchev–Trinajstić information content (AvgIpc) is 2.65. The highest BCUT2D eigenvalue weighted by atomic mass is 79.9. The van der Waals surface area contributed by atoms with E-state index >= 15 is 0 Å². The van der Waals surface area contributed by atoms with Crippen molar-refractivity contribution in [3.05, 3.63) is 22.8 Å². The first kappa shape index (κ1) is 12.2. The van der Waals surface area contributed by atoms with E-state index < -0.39 is 0 Å². The van der Waals surface area contributed by atoms with Crippen LogP contribution < -0.4 is 10.2 Å². The second kappa shape index (κ2) is 4.34. The van der Waals surface area contributed by atoms with Crippen molar-refractivity contribution in [3.63, 3.8) is 0 Å². The number of hydrogen-bond acceptors (Lipinski definition) is 3. The van der Waals surface area contributed by atoms with Crippen LogP contribution in [0, 0.1) is 0 Å². The van der Waals surface area contributed by atoms with Crippen LogP contribution in [-0.4, -0.2) is 28.3 Å². The summed E-state index contributed by atoms with van der Waals surface area (Å²) in [4.78, 5) is 24.5. The van der Waals surface area contributed by atoms with Crippen molar-refractivity contribution >= 4 is 44.5 Å². The monoisotopic (exact) mass is 322 g/mol. The number of nitrogens with zero attached hydrogens (tertiary/aromatic N) is 3. The molecule has 1 aromatic carbocycles. The summed E-state index contributed by atoms with van der Waals surface area (Å²) in [5.74, 6) is -0.232. The predicted molar refractivity (Wildman–Crippen MR) is 73.9 cm³/mol. The van der Waals surface area contributed by atoms with Gasteiger partial charge in [-0.2, -0.15) is 5.10 Å². The smallest absolute Gasteiger partial charge is 0.294 e. The molecule has 6 nitrogen and oxygen atoms in total. The number of urea groups is 1. The molecule has 0 saturated carbocycles. The quantitative estimate of drug-likeness (QED) is 0.870. The average molecular weight is 323 g/mol. The molecule has 0 radical (unpaired) electrons. The van der Waals surface area contributed by atoms with Gasteiger partial charge in [0.2, 0.25) is 5.91 Å². The van der Waals surface area contributed by atoms with Crippen LogP contribution in [0.3, 0.4) is 0 Å². The maximum Gasteiger partial charge on any atom is 0.328 e. The summed E-state index contributed by atoms with van der Waals surface area (Å²) in [6, 6.07) is 5.27. The standard InChI is InChI=1S/C12H11BrN4O2/c1-16-9-3-2-7(6-8(9)11(13)15-16)17-5-4-10(18)14-12(17)19/h2-3,6H,4-5H2,1H3,(H,14,18,19). The van der Waals surface area contributed by atoms with Crippen LogP contribution in [0.4, 0.5) is 10.5 Å². The highest BCUT2D eigenvalue weighted by molar-refractivity contribution is 9.10. The summed E-state index contributed by atoms with van der Waals surface area (Å²) >= 11 is 3.40. The highest BCUT2D eigenvalue weighted by Crippen LogP contribution is 2.28. The summed E-state index contributed by atoms with van der Waals surface area (Å²) < 4.78 is 2.50. The van der Waals surface area contributed by atoms with Crippen molar-refractivity contribution in [2.24, 2.45) is 7.05 Å². The molecule has 3 rings (SSSR count). The van der Waals surface area contributed by atoms with Crippen LogP contribution >= 0.6 is 15.9 Å². The van der Waals surface area contributed by atoms with Gasteiger partial charge in [-0.3, -0.25) is 19.7 Å². The van der Waals surface area contributed by atoms with E-state index in [4.69, 9.17) is 0 Å². The molecule has 1 fully saturated rings. The van der Waals surface area contributed by atoms with Gasteiger partial charge in [0.25, 0.3) is 0 Å². The van der Waals surface area contributed by atoms with E-state index in [2.05, 4.69) is 26.3 Å². The van der Waals surface area contributed by atoms with Crippen molar-refractivity contribution in [1.29, 1.82) is 0 Å². The van der Waals surface area contributed by atoms with E-state index in [1.165, 1.54) is 0 Å². The number of aryl methyl sites for hydroxylation is 1. The Hall–Kier alpha value is -1.89. The number of benzene rings is 1. The maximum absolute atomic E-state index is 11.8.